The molecule has 1 aliphatic rings. The minimum atomic E-state index is -4.57. The molecule has 1 atom stereocenters. The number of alkyl halides is 3. The van der Waals surface area contributed by atoms with E-state index in [1.54, 1.807) is 51.8 Å². The number of thiophene rings is 1. The van der Waals surface area contributed by atoms with E-state index in [1.165, 1.54) is 11.3 Å². The fourth-order valence-electron chi connectivity index (χ4n) is 3.81. The second-order valence-corrected chi connectivity index (χ2v) is 8.35. The molecule has 0 bridgehead atoms. The fourth-order valence-corrected chi connectivity index (χ4v) is 4.50. The van der Waals surface area contributed by atoms with Crippen molar-refractivity contribution in [1.29, 1.82) is 0 Å². The Labute approximate surface area is 178 Å². The molecule has 5 heterocycles. The minimum absolute atomic E-state index is 0.0571. The largest absolute Gasteiger partial charge is 0.433 e. The molecule has 160 valence electrons. The third kappa shape index (κ3) is 3.80. The molecule has 0 saturated carbocycles. The van der Waals surface area contributed by atoms with Crippen molar-refractivity contribution in [3.8, 4) is 10.6 Å². The summed E-state index contributed by atoms with van der Waals surface area (Å²) in [5.41, 5.74) is 0.0682. The Kier molecular flexibility index (Phi) is 4.77. The van der Waals surface area contributed by atoms with Gasteiger partial charge in [-0.2, -0.15) is 18.3 Å². The first kappa shape index (κ1) is 19.7. The molecule has 0 unspecified atom stereocenters. The van der Waals surface area contributed by atoms with E-state index >= 15 is 0 Å². The van der Waals surface area contributed by atoms with E-state index in [4.69, 9.17) is 0 Å². The van der Waals surface area contributed by atoms with Crippen LogP contribution in [0, 0.1) is 0 Å². The van der Waals surface area contributed by atoms with Crippen molar-refractivity contribution in [2.45, 2.75) is 25.1 Å². The first-order valence-electron chi connectivity index (χ1n) is 9.64. The number of imidazole rings is 1. The van der Waals surface area contributed by atoms with E-state index in [9.17, 15) is 18.0 Å². The van der Waals surface area contributed by atoms with E-state index in [-0.39, 0.29) is 29.7 Å². The number of rotatable bonds is 4. The standard InChI is InChI=1S/C20H17F3N6OS/c21-20(22,23)17-8-15(16-2-1-7-31-16)25-18-9-14(26-29(17)18)13-3-5-28(10-13)19(30)11-27-6-4-24-12-27/h1-2,4,6-9,12-13H,3,5,10-11H2/t13-/m1/s1. The van der Waals surface area contributed by atoms with Gasteiger partial charge < -0.3 is 9.47 Å². The third-order valence-corrected chi connectivity index (χ3v) is 6.24. The Morgan fingerprint density at radius 1 is 1.29 bits per heavy atom. The zero-order valence-electron chi connectivity index (χ0n) is 16.2. The smallest absolute Gasteiger partial charge is 0.340 e. The van der Waals surface area contributed by atoms with Crippen molar-refractivity contribution in [3.05, 3.63) is 59.8 Å². The molecule has 1 aliphatic heterocycles. The number of fused-ring (bicyclic) bond motifs is 1. The van der Waals surface area contributed by atoms with E-state index < -0.39 is 11.9 Å². The summed E-state index contributed by atoms with van der Waals surface area (Å²) in [6.07, 6.45) is 0.955. The van der Waals surface area contributed by atoms with Gasteiger partial charge in [-0.05, 0) is 23.9 Å². The van der Waals surface area contributed by atoms with Gasteiger partial charge in [-0.3, -0.25) is 4.79 Å². The molecule has 4 aromatic heterocycles. The highest BCUT2D eigenvalue weighted by molar-refractivity contribution is 7.13. The number of carbonyl (C=O) groups is 1. The van der Waals surface area contributed by atoms with Crippen molar-refractivity contribution in [1.82, 2.24) is 29.0 Å². The highest BCUT2D eigenvalue weighted by Crippen LogP contribution is 2.35. The van der Waals surface area contributed by atoms with Crippen molar-refractivity contribution in [2.75, 3.05) is 13.1 Å². The third-order valence-electron chi connectivity index (χ3n) is 5.35. The summed E-state index contributed by atoms with van der Waals surface area (Å²) in [7, 11) is 0. The molecule has 0 spiro atoms. The molecule has 11 heteroatoms. The predicted molar refractivity (Wildman–Crippen MR) is 107 cm³/mol. The van der Waals surface area contributed by atoms with Gasteiger partial charge in [0.2, 0.25) is 5.91 Å². The second-order valence-electron chi connectivity index (χ2n) is 7.40. The molecule has 1 fully saturated rings. The fraction of sp³-hybridized carbons (Fsp3) is 0.300. The summed E-state index contributed by atoms with van der Waals surface area (Å²) < 4.78 is 43.7. The van der Waals surface area contributed by atoms with Gasteiger partial charge in [0.15, 0.2) is 11.3 Å². The van der Waals surface area contributed by atoms with Crippen molar-refractivity contribution >= 4 is 22.9 Å². The Morgan fingerprint density at radius 3 is 2.87 bits per heavy atom. The van der Waals surface area contributed by atoms with Crippen LogP contribution in [0.25, 0.3) is 16.2 Å². The van der Waals surface area contributed by atoms with Crippen LogP contribution in [-0.4, -0.2) is 48.0 Å². The van der Waals surface area contributed by atoms with Gasteiger partial charge in [0.05, 0.1) is 22.6 Å². The zero-order valence-corrected chi connectivity index (χ0v) is 17.0. The molecule has 0 aromatic carbocycles. The minimum Gasteiger partial charge on any atom is -0.340 e. The lowest BCUT2D eigenvalue weighted by Crippen LogP contribution is -2.31. The molecule has 0 radical (unpaired) electrons. The summed E-state index contributed by atoms with van der Waals surface area (Å²) >= 11 is 1.33. The molecule has 7 nitrogen and oxygen atoms in total. The normalized spacial score (nSPS) is 17.0. The van der Waals surface area contributed by atoms with Crippen molar-refractivity contribution in [3.63, 3.8) is 0 Å². The number of halogens is 3. The summed E-state index contributed by atoms with van der Waals surface area (Å²) in [5.74, 6) is -0.196. The van der Waals surface area contributed by atoms with Gasteiger partial charge in [-0.25, -0.2) is 14.5 Å². The lowest BCUT2D eigenvalue weighted by molar-refractivity contribution is -0.142. The maximum Gasteiger partial charge on any atom is 0.433 e. The topological polar surface area (TPSA) is 68.3 Å². The van der Waals surface area contributed by atoms with E-state index in [2.05, 4.69) is 15.1 Å². The molecule has 1 saturated heterocycles. The van der Waals surface area contributed by atoms with Crippen LogP contribution in [0.1, 0.15) is 23.7 Å². The Morgan fingerprint density at radius 2 is 2.16 bits per heavy atom. The summed E-state index contributed by atoms with van der Waals surface area (Å²) in [4.78, 5) is 23.2. The summed E-state index contributed by atoms with van der Waals surface area (Å²) in [6.45, 7) is 1.13. The first-order chi connectivity index (χ1) is 14.9. The number of hydrogen-bond donors (Lipinski definition) is 0. The lowest BCUT2D eigenvalue weighted by Gasteiger charge is -2.16. The highest BCUT2D eigenvalue weighted by atomic mass is 32.1. The van der Waals surface area contributed by atoms with Crippen LogP contribution in [-0.2, 0) is 17.5 Å². The quantitative estimate of drug-likeness (QED) is 0.480. The van der Waals surface area contributed by atoms with Crippen LogP contribution >= 0.6 is 11.3 Å². The summed E-state index contributed by atoms with van der Waals surface area (Å²) in [5, 5.41) is 6.03. The Balaban J connectivity index is 1.44. The zero-order chi connectivity index (χ0) is 21.6. The second kappa shape index (κ2) is 7.49. The van der Waals surface area contributed by atoms with Gasteiger partial charge in [0.25, 0.3) is 0 Å². The van der Waals surface area contributed by atoms with Crippen LogP contribution in [0.15, 0.2) is 48.4 Å². The molecular weight excluding hydrogens is 429 g/mol. The molecule has 5 rings (SSSR count). The number of amides is 1. The van der Waals surface area contributed by atoms with Gasteiger partial charge in [0.1, 0.15) is 6.54 Å². The van der Waals surface area contributed by atoms with E-state index in [0.717, 1.165) is 10.6 Å². The van der Waals surface area contributed by atoms with Crippen molar-refractivity contribution in [2.24, 2.45) is 0 Å². The Hall–Kier alpha value is -3.21. The van der Waals surface area contributed by atoms with E-state index in [0.29, 0.717) is 30.1 Å². The molecule has 31 heavy (non-hydrogen) atoms. The monoisotopic (exact) mass is 446 g/mol. The van der Waals surface area contributed by atoms with Crippen LogP contribution < -0.4 is 0 Å². The first-order valence-corrected chi connectivity index (χ1v) is 10.5. The van der Waals surface area contributed by atoms with Crippen LogP contribution in [0.2, 0.25) is 0 Å². The highest BCUT2D eigenvalue weighted by Gasteiger charge is 2.36. The molecule has 0 N–H and O–H groups in total. The van der Waals surface area contributed by atoms with E-state index in [1.807, 2.05) is 0 Å². The number of aromatic nitrogens is 5. The van der Waals surface area contributed by atoms with Gasteiger partial charge in [-0.1, -0.05) is 6.07 Å². The molecule has 4 aromatic rings. The van der Waals surface area contributed by atoms with Crippen LogP contribution in [0.4, 0.5) is 13.2 Å². The maximum absolute atomic E-state index is 13.7. The number of likely N-dealkylation sites (tertiary alicyclic amines) is 1. The molecule has 1 amide bonds. The van der Waals surface area contributed by atoms with Gasteiger partial charge in [-0.15, -0.1) is 11.3 Å². The SMILES string of the molecule is O=C(Cn1ccnc1)N1CC[C@@H](c2cc3nc(-c4cccs4)cc(C(F)(F)F)n3n2)C1. The van der Waals surface area contributed by atoms with Gasteiger partial charge in [0, 0.05) is 37.5 Å². The van der Waals surface area contributed by atoms with Crippen molar-refractivity contribution < 1.29 is 18.0 Å². The number of nitrogens with zero attached hydrogens (tertiary/aromatic N) is 6. The molecular formula is C20H17F3N6OS. The van der Waals surface area contributed by atoms with Crippen LogP contribution in [0.3, 0.4) is 0 Å². The molecule has 0 aliphatic carbocycles. The number of carbonyl (C=O) groups excluding carboxylic acids is 1. The average molecular weight is 446 g/mol. The average Bonchev–Trinajstić information content (AvgIpc) is 3.53. The predicted octanol–water partition coefficient (Wildman–Crippen LogP) is 3.69. The lowest BCUT2D eigenvalue weighted by atomic mass is 10.1. The summed E-state index contributed by atoms with van der Waals surface area (Å²) in [6, 6.07) is 6.14. The number of hydrogen-bond acceptors (Lipinski definition) is 5. The maximum atomic E-state index is 13.7. The Bertz CT molecular complexity index is 1220. The van der Waals surface area contributed by atoms with Crippen LogP contribution in [0.5, 0.6) is 0 Å². The van der Waals surface area contributed by atoms with Gasteiger partial charge >= 0.3 is 6.18 Å².